The van der Waals surface area contributed by atoms with E-state index in [4.69, 9.17) is 19.9 Å². The van der Waals surface area contributed by atoms with E-state index in [2.05, 4.69) is 177 Å². The van der Waals surface area contributed by atoms with E-state index in [9.17, 15) is 0 Å². The Morgan fingerprint density at radius 3 is 1.45 bits per heavy atom. The van der Waals surface area contributed by atoms with Gasteiger partial charge in [-0.3, -0.25) is 9.55 Å². The number of nitrogens with zero attached hydrogens (tertiary/aromatic N) is 7. The molecule has 14 rings (SSSR count). The Kier molecular flexibility index (Phi) is 8.75. The molecule has 0 saturated carbocycles. The van der Waals surface area contributed by atoms with Gasteiger partial charge >= 0.3 is 0 Å². The third-order valence-corrected chi connectivity index (χ3v) is 13.5. The predicted octanol–water partition coefficient (Wildman–Crippen LogP) is 15.2. The van der Waals surface area contributed by atoms with Crippen LogP contribution >= 0.6 is 0 Å². The summed E-state index contributed by atoms with van der Waals surface area (Å²) in [6.45, 7) is 0. The first-order valence-electron chi connectivity index (χ1n) is 23.2. The molecular weight excluding hydrogens is 843 g/mol. The van der Waals surface area contributed by atoms with Gasteiger partial charge in [-0.05, 0) is 101 Å². The lowest BCUT2D eigenvalue weighted by Gasteiger charge is -2.12. The molecular formula is C62H39N7. The van der Waals surface area contributed by atoms with Crippen LogP contribution in [0.2, 0.25) is 0 Å². The molecule has 7 nitrogen and oxygen atoms in total. The van der Waals surface area contributed by atoms with Gasteiger partial charge in [-0.2, -0.15) is 9.97 Å². The van der Waals surface area contributed by atoms with E-state index in [-0.39, 0.29) is 0 Å². The van der Waals surface area contributed by atoms with Crippen molar-refractivity contribution in [2.45, 2.75) is 0 Å². The van der Waals surface area contributed by atoms with E-state index < -0.39 is 0 Å². The summed E-state index contributed by atoms with van der Waals surface area (Å²) in [6, 6.07) is 81.6. The van der Waals surface area contributed by atoms with Gasteiger partial charge in [0.15, 0.2) is 11.6 Å². The van der Waals surface area contributed by atoms with Crippen LogP contribution < -0.4 is 0 Å². The van der Waals surface area contributed by atoms with Gasteiger partial charge in [-0.15, -0.1) is 0 Å². The van der Waals surface area contributed by atoms with Gasteiger partial charge in [-0.1, -0.05) is 152 Å². The van der Waals surface area contributed by atoms with E-state index >= 15 is 0 Å². The first-order chi connectivity index (χ1) is 34.2. The number of hydrogen-bond donors (Lipinski definition) is 0. The van der Waals surface area contributed by atoms with E-state index in [0.717, 1.165) is 99.5 Å². The Bertz CT molecular complexity index is 4240. The molecule has 0 radical (unpaired) electrons. The zero-order chi connectivity index (χ0) is 45.4. The van der Waals surface area contributed by atoms with Gasteiger partial charge in [0.2, 0.25) is 5.95 Å². The molecule has 5 heterocycles. The topological polar surface area (TPSA) is 66.3 Å². The van der Waals surface area contributed by atoms with Gasteiger partial charge in [0, 0.05) is 55.6 Å². The minimum atomic E-state index is 0.574. The van der Waals surface area contributed by atoms with Crippen molar-refractivity contribution in [3.8, 4) is 62.4 Å². The first-order valence-corrected chi connectivity index (χ1v) is 23.2. The third-order valence-electron chi connectivity index (χ3n) is 13.5. The van der Waals surface area contributed by atoms with Crippen LogP contribution in [0.15, 0.2) is 237 Å². The lowest BCUT2D eigenvalue weighted by Crippen LogP contribution is -2.06. The highest BCUT2D eigenvalue weighted by atomic mass is 15.2. The molecule has 0 spiro atoms. The normalized spacial score (nSPS) is 11.8. The number of aromatic nitrogens is 7. The maximum absolute atomic E-state index is 5.14. The maximum Gasteiger partial charge on any atom is 0.238 e. The second kappa shape index (κ2) is 15.6. The Labute approximate surface area is 396 Å². The number of hydrogen-bond acceptors (Lipinski definition) is 4. The van der Waals surface area contributed by atoms with Crippen LogP contribution in [-0.2, 0) is 0 Å². The van der Waals surface area contributed by atoms with Crippen molar-refractivity contribution in [2.24, 2.45) is 0 Å². The van der Waals surface area contributed by atoms with Crippen molar-refractivity contribution < 1.29 is 0 Å². The highest BCUT2D eigenvalue weighted by molar-refractivity contribution is 6.13. The lowest BCUT2D eigenvalue weighted by molar-refractivity contribution is 0.953. The lowest BCUT2D eigenvalue weighted by atomic mass is 10.0. The molecule has 5 aromatic heterocycles. The Hall–Kier alpha value is -9.46. The quantitative estimate of drug-likeness (QED) is 0.160. The van der Waals surface area contributed by atoms with E-state index in [1.165, 1.54) is 10.8 Å². The highest BCUT2D eigenvalue weighted by Crippen LogP contribution is 2.40. The van der Waals surface area contributed by atoms with E-state index in [1.54, 1.807) is 0 Å². The molecule has 0 aliphatic carbocycles. The Morgan fingerprint density at radius 1 is 0.261 bits per heavy atom. The van der Waals surface area contributed by atoms with Crippen molar-refractivity contribution in [3.63, 3.8) is 0 Å². The summed E-state index contributed by atoms with van der Waals surface area (Å²) in [5.41, 5.74) is 16.2. The summed E-state index contributed by atoms with van der Waals surface area (Å²) in [7, 11) is 0. The molecule has 0 aliphatic heterocycles. The fourth-order valence-electron chi connectivity index (χ4n) is 10.4. The number of para-hydroxylation sites is 3. The largest absolute Gasteiger partial charge is 0.309 e. The van der Waals surface area contributed by atoms with Crippen LogP contribution in [-0.4, -0.2) is 33.6 Å². The van der Waals surface area contributed by atoms with Gasteiger partial charge < -0.3 is 9.13 Å². The zero-order valence-corrected chi connectivity index (χ0v) is 37.1. The molecule has 9 aromatic carbocycles. The molecule has 0 atom stereocenters. The number of fused-ring (bicyclic) bond motifs is 9. The summed E-state index contributed by atoms with van der Waals surface area (Å²) in [4.78, 5) is 20.2. The van der Waals surface area contributed by atoms with Crippen molar-refractivity contribution in [1.82, 2.24) is 33.6 Å². The van der Waals surface area contributed by atoms with Crippen molar-refractivity contribution >= 4 is 65.5 Å². The molecule has 0 aliphatic rings. The second-order valence-corrected chi connectivity index (χ2v) is 17.5. The molecule has 14 aromatic rings. The summed E-state index contributed by atoms with van der Waals surface area (Å²) < 4.78 is 6.90. The molecule has 7 heteroatoms. The van der Waals surface area contributed by atoms with Crippen molar-refractivity contribution in [3.05, 3.63) is 237 Å². The first kappa shape index (κ1) is 38.8. The fraction of sp³-hybridized carbons (Fsp3) is 0. The zero-order valence-electron chi connectivity index (χ0n) is 37.1. The second-order valence-electron chi connectivity index (χ2n) is 17.5. The summed E-state index contributed by atoms with van der Waals surface area (Å²) in [6.07, 6.45) is 1.89. The van der Waals surface area contributed by atoms with Crippen LogP contribution in [0, 0.1) is 0 Å². The minimum absolute atomic E-state index is 0.574. The number of benzene rings is 9. The molecule has 0 saturated heterocycles. The molecule has 0 N–H and O–H groups in total. The van der Waals surface area contributed by atoms with Crippen LogP contribution in [0.4, 0.5) is 0 Å². The molecule has 0 bridgehead atoms. The summed E-state index contributed by atoms with van der Waals surface area (Å²) >= 11 is 0. The van der Waals surface area contributed by atoms with Crippen molar-refractivity contribution in [1.29, 1.82) is 0 Å². The number of rotatable bonds is 7. The minimum Gasteiger partial charge on any atom is -0.309 e. The summed E-state index contributed by atoms with van der Waals surface area (Å²) in [5.74, 6) is 1.83. The van der Waals surface area contributed by atoms with Crippen LogP contribution in [0.1, 0.15) is 0 Å². The van der Waals surface area contributed by atoms with Crippen molar-refractivity contribution in [2.75, 3.05) is 0 Å². The molecule has 322 valence electrons. The predicted molar refractivity (Wildman–Crippen MR) is 282 cm³/mol. The smallest absolute Gasteiger partial charge is 0.238 e. The highest BCUT2D eigenvalue weighted by Gasteiger charge is 2.20. The maximum atomic E-state index is 5.14. The van der Waals surface area contributed by atoms with Gasteiger partial charge in [0.25, 0.3) is 0 Å². The van der Waals surface area contributed by atoms with E-state index in [0.29, 0.717) is 17.6 Å². The molecule has 69 heavy (non-hydrogen) atoms. The molecule has 0 unspecified atom stereocenters. The fourth-order valence-corrected chi connectivity index (χ4v) is 10.4. The monoisotopic (exact) mass is 881 g/mol. The van der Waals surface area contributed by atoms with Gasteiger partial charge in [0.1, 0.15) is 0 Å². The average Bonchev–Trinajstić information content (AvgIpc) is 4.06. The van der Waals surface area contributed by atoms with Gasteiger partial charge in [0.05, 0.1) is 38.6 Å². The van der Waals surface area contributed by atoms with E-state index in [1.807, 2.05) is 72.9 Å². The molecule has 0 fully saturated rings. The number of pyridine rings is 1. The standard InChI is InChI=1S/C62H39N7/c1-4-16-40(17-5-1)60-64-61(41-18-6-2-7-19-41)66-62(65-60)69-54-27-13-11-25-49(54)51-37-43(30-33-55(51)69)45-29-32-50-48-24-10-12-26-53(48)68(58(50)39-45)47-23-14-20-42(36-47)44-31-34-56-52(38-44)59-57(28-15-35-63-59)67(56)46-21-8-3-9-22-46/h1-39H. The SMILES string of the molecule is c1ccc(-c2nc(-c3ccccc3)nc(-n3c4ccccc4c4cc(-c5ccc6c7ccccc7n(-c7cccc(-c8ccc9c(c8)c8ncccc8n9-c8ccccc8)c7)c6c5)ccc43)n2)cc1. The van der Waals surface area contributed by atoms with Crippen LogP contribution in [0.25, 0.3) is 128 Å². The molecule has 0 amide bonds. The third kappa shape index (κ3) is 6.29. The average molecular weight is 882 g/mol. The van der Waals surface area contributed by atoms with Crippen LogP contribution in [0.5, 0.6) is 0 Å². The summed E-state index contributed by atoms with van der Waals surface area (Å²) in [5, 5.41) is 5.80. The van der Waals surface area contributed by atoms with Crippen LogP contribution in [0.3, 0.4) is 0 Å². The Balaban J connectivity index is 0.904. The Morgan fingerprint density at radius 2 is 0.739 bits per heavy atom. The van der Waals surface area contributed by atoms with Gasteiger partial charge in [-0.25, -0.2) is 4.98 Å².